The van der Waals surface area contributed by atoms with Crippen LogP contribution >= 0.6 is 0 Å². The summed E-state index contributed by atoms with van der Waals surface area (Å²) in [5, 5.41) is 5.83. The van der Waals surface area contributed by atoms with Crippen LogP contribution in [0.15, 0.2) is 18.3 Å². The molecule has 0 radical (unpaired) electrons. The van der Waals surface area contributed by atoms with E-state index in [0.717, 1.165) is 5.69 Å². The van der Waals surface area contributed by atoms with Crippen LogP contribution < -0.4 is 15.4 Å². The Kier molecular flexibility index (Phi) is 5.93. The number of anilines is 1. The fraction of sp³-hybridized carbons (Fsp3) is 0.500. The molecule has 1 aromatic heterocycles. The van der Waals surface area contributed by atoms with E-state index in [1.807, 2.05) is 0 Å². The number of nitrogens with zero attached hydrogens (tertiary/aromatic N) is 1. The van der Waals surface area contributed by atoms with E-state index in [1.165, 1.54) is 0 Å². The zero-order valence-corrected chi connectivity index (χ0v) is 10.9. The average Bonchev–Trinajstić information content (AvgIpc) is 2.39. The van der Waals surface area contributed by atoms with E-state index in [0.29, 0.717) is 19.0 Å². The summed E-state index contributed by atoms with van der Waals surface area (Å²) in [7, 11) is 3.14. The molecule has 0 saturated heterocycles. The van der Waals surface area contributed by atoms with Gasteiger partial charge in [0.25, 0.3) is 0 Å². The number of hydrogen-bond donors (Lipinski definition) is 2. The standard InChI is InChI=1S/C12H19N3O3/c1-9(12(16)14-6-7-17-2)15-10-4-5-13-11(8-10)18-3/h4-5,8-9H,6-7H2,1-3H3,(H,13,15)(H,14,16). The summed E-state index contributed by atoms with van der Waals surface area (Å²) in [4.78, 5) is 15.7. The molecule has 0 aliphatic rings. The predicted molar refractivity (Wildman–Crippen MR) is 68.8 cm³/mol. The zero-order valence-electron chi connectivity index (χ0n) is 10.9. The first-order chi connectivity index (χ1) is 8.67. The Morgan fingerprint density at radius 3 is 2.94 bits per heavy atom. The molecule has 100 valence electrons. The number of nitrogens with one attached hydrogen (secondary N) is 2. The molecule has 6 heteroatoms. The lowest BCUT2D eigenvalue weighted by Crippen LogP contribution is -2.39. The van der Waals surface area contributed by atoms with E-state index in [2.05, 4.69) is 15.6 Å². The Labute approximate surface area is 107 Å². The maximum absolute atomic E-state index is 11.7. The van der Waals surface area contributed by atoms with Gasteiger partial charge in [-0.05, 0) is 13.0 Å². The van der Waals surface area contributed by atoms with Crippen molar-refractivity contribution in [2.45, 2.75) is 13.0 Å². The van der Waals surface area contributed by atoms with Gasteiger partial charge < -0.3 is 20.1 Å². The molecule has 0 saturated carbocycles. The molecule has 6 nitrogen and oxygen atoms in total. The molecule has 1 amide bonds. The minimum atomic E-state index is -0.339. The maximum atomic E-state index is 11.7. The molecule has 1 aromatic rings. The van der Waals surface area contributed by atoms with Gasteiger partial charge in [-0.3, -0.25) is 4.79 Å². The van der Waals surface area contributed by atoms with Crippen LogP contribution in [0.1, 0.15) is 6.92 Å². The first kappa shape index (κ1) is 14.2. The third-order valence-corrected chi connectivity index (χ3v) is 2.33. The summed E-state index contributed by atoms with van der Waals surface area (Å²) in [6.07, 6.45) is 1.62. The highest BCUT2D eigenvalue weighted by Gasteiger charge is 2.12. The largest absolute Gasteiger partial charge is 0.481 e. The lowest BCUT2D eigenvalue weighted by Gasteiger charge is -2.15. The van der Waals surface area contributed by atoms with Crippen LogP contribution in [0, 0.1) is 0 Å². The summed E-state index contributed by atoms with van der Waals surface area (Å²) in [5.74, 6) is 0.426. The number of rotatable bonds is 7. The SMILES string of the molecule is COCCNC(=O)C(C)Nc1ccnc(OC)c1. The van der Waals surface area contributed by atoms with E-state index >= 15 is 0 Å². The van der Waals surface area contributed by atoms with Crippen LogP contribution in [-0.4, -0.2) is 44.3 Å². The van der Waals surface area contributed by atoms with Crippen molar-refractivity contribution in [3.8, 4) is 5.88 Å². The van der Waals surface area contributed by atoms with Gasteiger partial charge in [-0.15, -0.1) is 0 Å². The summed E-state index contributed by atoms with van der Waals surface area (Å²) in [6.45, 7) is 2.79. The number of carbonyl (C=O) groups excluding carboxylic acids is 1. The Hall–Kier alpha value is -1.82. The van der Waals surface area contributed by atoms with E-state index in [4.69, 9.17) is 9.47 Å². The molecule has 0 aliphatic carbocycles. The van der Waals surface area contributed by atoms with Crippen molar-refractivity contribution in [3.05, 3.63) is 18.3 Å². The molecule has 0 spiro atoms. The molecular weight excluding hydrogens is 234 g/mol. The number of aromatic nitrogens is 1. The van der Waals surface area contributed by atoms with Crippen LogP contribution in [0.3, 0.4) is 0 Å². The minimum absolute atomic E-state index is 0.0807. The van der Waals surface area contributed by atoms with Gasteiger partial charge in [-0.25, -0.2) is 4.98 Å². The van der Waals surface area contributed by atoms with E-state index in [-0.39, 0.29) is 11.9 Å². The second kappa shape index (κ2) is 7.50. The van der Waals surface area contributed by atoms with Crippen LogP contribution in [0.25, 0.3) is 0 Å². The monoisotopic (exact) mass is 253 g/mol. The smallest absolute Gasteiger partial charge is 0.242 e. The Balaban J connectivity index is 2.47. The van der Waals surface area contributed by atoms with Crippen molar-refractivity contribution in [2.75, 3.05) is 32.7 Å². The number of methoxy groups -OCH3 is 2. The number of ether oxygens (including phenoxy) is 2. The van der Waals surface area contributed by atoms with Gasteiger partial charge in [0, 0.05) is 31.6 Å². The summed E-state index contributed by atoms with van der Waals surface area (Å²) in [5.41, 5.74) is 0.788. The van der Waals surface area contributed by atoms with Gasteiger partial charge in [-0.2, -0.15) is 0 Å². The molecular formula is C12H19N3O3. The summed E-state index contributed by atoms with van der Waals surface area (Å²) < 4.78 is 9.87. The Morgan fingerprint density at radius 1 is 1.50 bits per heavy atom. The van der Waals surface area contributed by atoms with Crippen LogP contribution in [0.5, 0.6) is 5.88 Å². The third kappa shape index (κ3) is 4.58. The zero-order chi connectivity index (χ0) is 13.4. The van der Waals surface area contributed by atoms with Crippen molar-refractivity contribution in [1.82, 2.24) is 10.3 Å². The average molecular weight is 253 g/mol. The topological polar surface area (TPSA) is 72.5 Å². The third-order valence-electron chi connectivity index (χ3n) is 2.33. The Morgan fingerprint density at radius 2 is 2.28 bits per heavy atom. The summed E-state index contributed by atoms with van der Waals surface area (Å²) in [6, 6.07) is 3.18. The molecule has 1 atom stereocenters. The van der Waals surface area contributed by atoms with Crippen LogP contribution in [-0.2, 0) is 9.53 Å². The number of carbonyl (C=O) groups is 1. The second-order valence-corrected chi connectivity index (χ2v) is 3.74. The van der Waals surface area contributed by atoms with Crippen molar-refractivity contribution in [2.24, 2.45) is 0 Å². The minimum Gasteiger partial charge on any atom is -0.481 e. The molecule has 1 heterocycles. The molecule has 1 unspecified atom stereocenters. The Bertz CT molecular complexity index is 385. The van der Waals surface area contributed by atoms with E-state index in [9.17, 15) is 4.79 Å². The molecule has 18 heavy (non-hydrogen) atoms. The van der Waals surface area contributed by atoms with Crippen LogP contribution in [0.2, 0.25) is 0 Å². The maximum Gasteiger partial charge on any atom is 0.242 e. The fourth-order valence-electron chi connectivity index (χ4n) is 1.36. The van der Waals surface area contributed by atoms with Gasteiger partial charge in [0.15, 0.2) is 0 Å². The van der Waals surface area contributed by atoms with Crippen molar-refractivity contribution in [1.29, 1.82) is 0 Å². The number of hydrogen-bond acceptors (Lipinski definition) is 5. The van der Waals surface area contributed by atoms with Gasteiger partial charge in [-0.1, -0.05) is 0 Å². The highest BCUT2D eigenvalue weighted by atomic mass is 16.5. The highest BCUT2D eigenvalue weighted by molar-refractivity contribution is 5.84. The molecule has 0 fully saturated rings. The first-order valence-corrected chi connectivity index (χ1v) is 5.70. The molecule has 2 N–H and O–H groups in total. The first-order valence-electron chi connectivity index (χ1n) is 5.70. The van der Waals surface area contributed by atoms with E-state index < -0.39 is 0 Å². The van der Waals surface area contributed by atoms with Crippen LogP contribution in [0.4, 0.5) is 5.69 Å². The van der Waals surface area contributed by atoms with Gasteiger partial charge >= 0.3 is 0 Å². The van der Waals surface area contributed by atoms with Crippen molar-refractivity contribution < 1.29 is 14.3 Å². The quantitative estimate of drug-likeness (QED) is 0.698. The normalized spacial score (nSPS) is 11.7. The molecule has 0 aromatic carbocycles. The van der Waals surface area contributed by atoms with E-state index in [1.54, 1.807) is 39.5 Å². The van der Waals surface area contributed by atoms with Gasteiger partial charge in [0.2, 0.25) is 11.8 Å². The fourth-order valence-corrected chi connectivity index (χ4v) is 1.36. The highest BCUT2D eigenvalue weighted by Crippen LogP contribution is 2.14. The molecule has 0 aliphatic heterocycles. The summed E-state index contributed by atoms with van der Waals surface area (Å²) >= 11 is 0. The van der Waals surface area contributed by atoms with Crippen molar-refractivity contribution >= 4 is 11.6 Å². The molecule has 0 bridgehead atoms. The second-order valence-electron chi connectivity index (χ2n) is 3.74. The number of pyridine rings is 1. The number of amides is 1. The molecule has 1 rings (SSSR count). The van der Waals surface area contributed by atoms with Gasteiger partial charge in [0.05, 0.1) is 13.7 Å². The van der Waals surface area contributed by atoms with Gasteiger partial charge in [0.1, 0.15) is 6.04 Å². The lowest BCUT2D eigenvalue weighted by atomic mass is 10.3. The predicted octanol–water partition coefficient (Wildman–Crippen LogP) is 0.653. The lowest BCUT2D eigenvalue weighted by molar-refractivity contribution is -0.121. The van der Waals surface area contributed by atoms with Crippen molar-refractivity contribution in [3.63, 3.8) is 0 Å².